The first-order chi connectivity index (χ1) is 14.8. The molecule has 2 aliphatic rings. The zero-order chi connectivity index (χ0) is 22.2. The van der Waals surface area contributed by atoms with Gasteiger partial charge in [-0.2, -0.15) is 8.78 Å². The summed E-state index contributed by atoms with van der Waals surface area (Å²) in [6, 6.07) is 5.88. The van der Waals surface area contributed by atoms with Crippen LogP contribution in [0.4, 0.5) is 22.0 Å². The second-order valence-electron chi connectivity index (χ2n) is 8.47. The van der Waals surface area contributed by atoms with Crippen molar-refractivity contribution in [3.05, 3.63) is 53.3 Å². The first kappa shape index (κ1) is 22.1. The van der Waals surface area contributed by atoms with Crippen molar-refractivity contribution in [3.63, 3.8) is 0 Å². The van der Waals surface area contributed by atoms with Crippen molar-refractivity contribution < 1.29 is 31.4 Å². The van der Waals surface area contributed by atoms with Gasteiger partial charge in [-0.3, -0.25) is 0 Å². The van der Waals surface area contributed by atoms with Crippen molar-refractivity contribution in [2.24, 2.45) is 11.8 Å². The van der Waals surface area contributed by atoms with Crippen molar-refractivity contribution in [1.29, 1.82) is 0 Å². The molecule has 1 saturated heterocycles. The van der Waals surface area contributed by atoms with Gasteiger partial charge in [-0.25, -0.2) is 13.2 Å². The summed E-state index contributed by atoms with van der Waals surface area (Å²) in [5.74, 6) is -4.34. The Hall–Kier alpha value is -2.15. The lowest BCUT2D eigenvalue weighted by molar-refractivity contribution is -0.224. The highest BCUT2D eigenvalue weighted by molar-refractivity contribution is 5.66. The van der Waals surface area contributed by atoms with E-state index in [4.69, 9.17) is 9.47 Å². The van der Waals surface area contributed by atoms with Gasteiger partial charge in [0.15, 0.2) is 23.2 Å². The SMILES string of the molecule is CCCC1CCC(C(F)(F)Oc2ccc(-c3ccc(C4CO4)c(F)c3F)cc2F)CC1. The molecule has 0 N–H and O–H groups in total. The molecule has 31 heavy (non-hydrogen) atoms. The van der Waals surface area contributed by atoms with Gasteiger partial charge < -0.3 is 9.47 Å². The maximum Gasteiger partial charge on any atom is 0.400 e. The summed E-state index contributed by atoms with van der Waals surface area (Å²) in [5, 5.41) is 0. The Labute approximate surface area is 178 Å². The molecule has 1 heterocycles. The van der Waals surface area contributed by atoms with E-state index in [1.807, 2.05) is 0 Å². The zero-order valence-electron chi connectivity index (χ0n) is 17.3. The minimum Gasteiger partial charge on any atom is -0.429 e. The van der Waals surface area contributed by atoms with E-state index in [2.05, 4.69) is 6.92 Å². The molecular weight excluding hydrogens is 415 g/mol. The number of alkyl halides is 2. The maximum absolute atomic E-state index is 14.6. The van der Waals surface area contributed by atoms with Gasteiger partial charge in [-0.15, -0.1) is 0 Å². The van der Waals surface area contributed by atoms with Crippen LogP contribution < -0.4 is 4.74 Å². The second-order valence-corrected chi connectivity index (χ2v) is 8.47. The Morgan fingerprint density at radius 2 is 1.71 bits per heavy atom. The molecule has 0 bridgehead atoms. The minimum atomic E-state index is -3.50. The zero-order valence-corrected chi connectivity index (χ0v) is 17.3. The van der Waals surface area contributed by atoms with Gasteiger partial charge in [-0.1, -0.05) is 38.0 Å². The molecule has 0 radical (unpaired) electrons. The predicted octanol–water partition coefficient (Wildman–Crippen LogP) is 7.42. The lowest BCUT2D eigenvalue weighted by atomic mass is 9.79. The average molecular weight is 440 g/mol. The van der Waals surface area contributed by atoms with E-state index in [1.165, 1.54) is 18.2 Å². The Morgan fingerprint density at radius 1 is 1.00 bits per heavy atom. The fourth-order valence-corrected chi connectivity index (χ4v) is 4.44. The molecule has 1 aliphatic carbocycles. The molecule has 2 fully saturated rings. The molecule has 0 aromatic heterocycles. The van der Waals surface area contributed by atoms with E-state index < -0.39 is 41.3 Å². The first-order valence-electron chi connectivity index (χ1n) is 10.8. The van der Waals surface area contributed by atoms with Crippen LogP contribution in [0, 0.1) is 29.3 Å². The third kappa shape index (κ3) is 4.71. The van der Waals surface area contributed by atoms with E-state index in [1.54, 1.807) is 0 Å². The van der Waals surface area contributed by atoms with Crippen LogP contribution in [0.1, 0.15) is 57.1 Å². The van der Waals surface area contributed by atoms with E-state index in [0.29, 0.717) is 38.2 Å². The van der Waals surface area contributed by atoms with Crippen molar-refractivity contribution in [1.82, 2.24) is 0 Å². The molecule has 0 spiro atoms. The van der Waals surface area contributed by atoms with Gasteiger partial charge in [0.25, 0.3) is 0 Å². The lowest BCUT2D eigenvalue weighted by Crippen LogP contribution is -2.37. The monoisotopic (exact) mass is 440 g/mol. The van der Waals surface area contributed by atoms with Crippen molar-refractivity contribution in [3.8, 4) is 16.9 Å². The predicted molar refractivity (Wildman–Crippen MR) is 106 cm³/mol. The fourth-order valence-electron chi connectivity index (χ4n) is 4.44. The highest BCUT2D eigenvalue weighted by Crippen LogP contribution is 2.42. The molecule has 1 atom stereocenters. The standard InChI is InChI=1S/C24H25F5O2/c1-2-3-14-4-7-16(8-5-14)24(28,29)31-20-11-6-15(12-19(20)25)17-9-10-18(21-13-30-21)23(27)22(17)26/h6,9-12,14,16,21H,2-5,7-8,13H2,1H3. The molecule has 2 aromatic rings. The molecule has 168 valence electrons. The lowest BCUT2D eigenvalue weighted by Gasteiger charge is -2.33. The van der Waals surface area contributed by atoms with Crippen LogP contribution in [0.15, 0.2) is 30.3 Å². The molecule has 1 aliphatic heterocycles. The summed E-state index contributed by atoms with van der Waals surface area (Å²) in [5.41, 5.74) is -0.0174. The number of benzene rings is 2. The van der Waals surface area contributed by atoms with Crippen molar-refractivity contribution >= 4 is 0 Å². The highest BCUT2D eigenvalue weighted by Gasteiger charge is 2.44. The largest absolute Gasteiger partial charge is 0.429 e. The van der Waals surface area contributed by atoms with Crippen molar-refractivity contribution in [2.45, 2.75) is 57.7 Å². The van der Waals surface area contributed by atoms with Crippen LogP contribution in [0.3, 0.4) is 0 Å². The molecule has 2 nitrogen and oxygen atoms in total. The number of hydrogen-bond acceptors (Lipinski definition) is 2. The summed E-state index contributed by atoms with van der Waals surface area (Å²) in [6.07, 6.45) is 0.190. The molecular formula is C24H25F5O2. The number of ether oxygens (including phenoxy) is 2. The van der Waals surface area contributed by atoms with E-state index in [9.17, 15) is 22.0 Å². The summed E-state index contributed by atoms with van der Waals surface area (Å²) in [7, 11) is 0. The second kappa shape index (κ2) is 8.77. The van der Waals surface area contributed by atoms with Gasteiger partial charge in [0, 0.05) is 11.1 Å². The molecule has 0 amide bonds. The van der Waals surface area contributed by atoms with Gasteiger partial charge in [0.05, 0.1) is 12.5 Å². The van der Waals surface area contributed by atoms with Gasteiger partial charge in [0.1, 0.15) is 6.10 Å². The topological polar surface area (TPSA) is 21.8 Å². The Kier molecular flexibility index (Phi) is 6.24. The number of hydrogen-bond donors (Lipinski definition) is 0. The van der Waals surface area contributed by atoms with Crippen LogP contribution in [0.2, 0.25) is 0 Å². The Morgan fingerprint density at radius 3 is 2.32 bits per heavy atom. The maximum atomic E-state index is 14.6. The summed E-state index contributed by atoms with van der Waals surface area (Å²) >= 11 is 0. The minimum absolute atomic E-state index is 0.0351. The van der Waals surface area contributed by atoms with Gasteiger partial charge in [0.2, 0.25) is 0 Å². The van der Waals surface area contributed by atoms with E-state index >= 15 is 0 Å². The Balaban J connectivity index is 1.48. The molecule has 2 aromatic carbocycles. The van der Waals surface area contributed by atoms with Crippen LogP contribution in [0.25, 0.3) is 11.1 Å². The molecule has 7 heteroatoms. The Bertz CT molecular complexity index is 934. The quantitative estimate of drug-likeness (QED) is 0.330. The number of rotatable bonds is 7. The molecule has 4 rings (SSSR count). The first-order valence-corrected chi connectivity index (χ1v) is 10.8. The smallest absolute Gasteiger partial charge is 0.400 e. The van der Waals surface area contributed by atoms with Crippen LogP contribution in [-0.4, -0.2) is 12.7 Å². The van der Waals surface area contributed by atoms with E-state index in [-0.39, 0.29) is 16.7 Å². The van der Waals surface area contributed by atoms with Gasteiger partial charge in [-0.05, 0) is 49.3 Å². The molecule has 1 saturated carbocycles. The summed E-state index contributed by atoms with van der Waals surface area (Å²) in [4.78, 5) is 0. The normalized spacial score (nSPS) is 23.6. The van der Waals surface area contributed by atoms with Crippen LogP contribution >= 0.6 is 0 Å². The average Bonchev–Trinajstić information content (AvgIpc) is 3.57. The van der Waals surface area contributed by atoms with Crippen LogP contribution in [-0.2, 0) is 4.74 Å². The van der Waals surface area contributed by atoms with Crippen LogP contribution in [0.5, 0.6) is 5.75 Å². The van der Waals surface area contributed by atoms with Gasteiger partial charge >= 0.3 is 6.11 Å². The number of halogens is 5. The van der Waals surface area contributed by atoms with Crippen molar-refractivity contribution in [2.75, 3.05) is 6.61 Å². The highest BCUT2D eigenvalue weighted by atomic mass is 19.3. The number of epoxide rings is 1. The van der Waals surface area contributed by atoms with E-state index in [0.717, 1.165) is 25.0 Å². The summed E-state index contributed by atoms with van der Waals surface area (Å²) < 4.78 is 82.3. The fraction of sp³-hybridized carbons (Fsp3) is 0.500. The molecule has 1 unspecified atom stereocenters. The summed E-state index contributed by atoms with van der Waals surface area (Å²) in [6.45, 7) is 2.40. The third-order valence-electron chi connectivity index (χ3n) is 6.30. The third-order valence-corrected chi connectivity index (χ3v) is 6.30.